The molecule has 0 spiro atoms. The van der Waals surface area contributed by atoms with Gasteiger partial charge in [-0.05, 0) is 49.7 Å². The lowest BCUT2D eigenvalue weighted by Crippen LogP contribution is -2.18. The Hall–Kier alpha value is -2.33. The standard InChI is InChI=1S/C17H17BrN2O4/c1-5-22-14-7-12(8-19)6-13(18)16(14)23-17(21)9(2)15-10(3)20-24-11(15)4/h6-7,9H,5H2,1-4H3. The van der Waals surface area contributed by atoms with Gasteiger partial charge in [0.05, 0.1) is 34.3 Å². The van der Waals surface area contributed by atoms with Crippen molar-refractivity contribution in [2.24, 2.45) is 0 Å². The molecule has 0 saturated heterocycles. The largest absolute Gasteiger partial charge is 0.490 e. The Morgan fingerprint density at radius 2 is 2.17 bits per heavy atom. The number of nitrogens with zero attached hydrogens (tertiary/aromatic N) is 2. The molecule has 7 heteroatoms. The number of esters is 1. The molecule has 24 heavy (non-hydrogen) atoms. The van der Waals surface area contributed by atoms with Crippen LogP contribution < -0.4 is 9.47 Å². The van der Waals surface area contributed by atoms with Gasteiger partial charge in [0.2, 0.25) is 0 Å². The van der Waals surface area contributed by atoms with Crippen LogP contribution in [0.15, 0.2) is 21.1 Å². The van der Waals surface area contributed by atoms with Gasteiger partial charge in [-0.15, -0.1) is 0 Å². The van der Waals surface area contributed by atoms with E-state index in [4.69, 9.17) is 19.3 Å². The number of aryl methyl sites for hydroxylation is 2. The maximum Gasteiger partial charge on any atom is 0.318 e. The summed E-state index contributed by atoms with van der Waals surface area (Å²) in [7, 11) is 0. The molecule has 0 fully saturated rings. The van der Waals surface area contributed by atoms with Gasteiger partial charge in [0.1, 0.15) is 5.76 Å². The Morgan fingerprint density at radius 1 is 1.46 bits per heavy atom. The molecule has 126 valence electrons. The van der Waals surface area contributed by atoms with Gasteiger partial charge in [0.15, 0.2) is 11.5 Å². The fourth-order valence-corrected chi connectivity index (χ4v) is 2.93. The summed E-state index contributed by atoms with van der Waals surface area (Å²) in [5.41, 5.74) is 1.77. The van der Waals surface area contributed by atoms with Crippen molar-refractivity contribution < 1.29 is 18.8 Å². The second-order valence-electron chi connectivity index (χ2n) is 5.21. The lowest BCUT2D eigenvalue weighted by Gasteiger charge is -2.15. The summed E-state index contributed by atoms with van der Waals surface area (Å²) in [4.78, 5) is 12.5. The number of carbonyl (C=O) groups excluding carboxylic acids is 1. The molecule has 1 unspecified atom stereocenters. The molecule has 0 radical (unpaired) electrons. The molecule has 6 nitrogen and oxygen atoms in total. The average molecular weight is 393 g/mol. The van der Waals surface area contributed by atoms with E-state index in [1.165, 1.54) is 6.07 Å². The number of aromatic nitrogens is 1. The van der Waals surface area contributed by atoms with Crippen LogP contribution in [-0.2, 0) is 4.79 Å². The van der Waals surface area contributed by atoms with E-state index >= 15 is 0 Å². The van der Waals surface area contributed by atoms with E-state index in [0.29, 0.717) is 39.4 Å². The van der Waals surface area contributed by atoms with E-state index in [-0.39, 0.29) is 5.75 Å². The minimum Gasteiger partial charge on any atom is -0.490 e. The summed E-state index contributed by atoms with van der Waals surface area (Å²) in [6, 6.07) is 5.15. The number of hydrogen-bond acceptors (Lipinski definition) is 6. The van der Waals surface area contributed by atoms with Crippen molar-refractivity contribution in [3.8, 4) is 17.6 Å². The molecule has 2 rings (SSSR count). The molecule has 0 aliphatic heterocycles. The predicted octanol–water partition coefficient (Wildman–Crippen LogP) is 4.03. The summed E-state index contributed by atoms with van der Waals surface area (Å²) in [5.74, 6) is 0.159. The summed E-state index contributed by atoms with van der Waals surface area (Å²) in [5, 5.41) is 12.9. The molecule has 1 heterocycles. The maximum absolute atomic E-state index is 12.5. The Morgan fingerprint density at radius 3 is 2.71 bits per heavy atom. The zero-order valence-electron chi connectivity index (χ0n) is 13.8. The maximum atomic E-state index is 12.5. The minimum absolute atomic E-state index is 0.250. The molecule has 1 atom stereocenters. The second kappa shape index (κ2) is 7.49. The van der Waals surface area contributed by atoms with E-state index in [1.807, 2.05) is 13.0 Å². The van der Waals surface area contributed by atoms with Crippen LogP contribution in [0.4, 0.5) is 0 Å². The number of hydrogen-bond donors (Lipinski definition) is 0. The fourth-order valence-electron chi connectivity index (χ4n) is 2.41. The third kappa shape index (κ3) is 3.60. The first kappa shape index (κ1) is 18.0. The Balaban J connectivity index is 2.33. The van der Waals surface area contributed by atoms with E-state index < -0.39 is 11.9 Å². The zero-order chi connectivity index (χ0) is 17.9. The van der Waals surface area contributed by atoms with Crippen LogP contribution in [0.2, 0.25) is 0 Å². The van der Waals surface area contributed by atoms with Gasteiger partial charge in [-0.3, -0.25) is 4.79 Å². The van der Waals surface area contributed by atoms with Crippen molar-refractivity contribution in [2.75, 3.05) is 6.61 Å². The van der Waals surface area contributed by atoms with Gasteiger partial charge in [0.25, 0.3) is 0 Å². The number of ether oxygens (including phenoxy) is 2. The highest BCUT2D eigenvalue weighted by Crippen LogP contribution is 2.38. The smallest absolute Gasteiger partial charge is 0.318 e. The molecule has 0 amide bonds. The Bertz CT molecular complexity index is 788. The monoisotopic (exact) mass is 392 g/mol. The van der Waals surface area contributed by atoms with E-state index in [9.17, 15) is 4.79 Å². The number of halogens is 1. The van der Waals surface area contributed by atoms with Crippen LogP contribution in [0.3, 0.4) is 0 Å². The molecule has 0 N–H and O–H groups in total. The molecule has 0 aliphatic rings. The van der Waals surface area contributed by atoms with Crippen LogP contribution in [0.1, 0.15) is 42.3 Å². The summed E-state index contributed by atoms with van der Waals surface area (Å²) in [6.45, 7) is 7.45. The first-order chi connectivity index (χ1) is 11.4. The molecular formula is C17H17BrN2O4. The third-order valence-electron chi connectivity index (χ3n) is 3.52. The van der Waals surface area contributed by atoms with Crippen molar-refractivity contribution >= 4 is 21.9 Å². The number of nitriles is 1. The van der Waals surface area contributed by atoms with Crippen molar-refractivity contribution in [2.45, 2.75) is 33.6 Å². The van der Waals surface area contributed by atoms with Gasteiger partial charge in [-0.1, -0.05) is 5.16 Å². The SMILES string of the molecule is CCOc1cc(C#N)cc(Br)c1OC(=O)C(C)c1c(C)noc1C. The van der Waals surface area contributed by atoms with Crippen molar-refractivity contribution in [3.63, 3.8) is 0 Å². The van der Waals surface area contributed by atoms with Gasteiger partial charge in [-0.2, -0.15) is 5.26 Å². The summed E-state index contributed by atoms with van der Waals surface area (Å²) >= 11 is 3.32. The predicted molar refractivity (Wildman–Crippen MR) is 90.1 cm³/mol. The molecule has 1 aromatic carbocycles. The van der Waals surface area contributed by atoms with Crippen LogP contribution in [0.25, 0.3) is 0 Å². The normalized spacial score (nSPS) is 11.7. The van der Waals surface area contributed by atoms with Crippen molar-refractivity contribution in [3.05, 3.63) is 39.2 Å². The lowest BCUT2D eigenvalue weighted by atomic mass is 10.00. The highest BCUT2D eigenvalue weighted by molar-refractivity contribution is 9.10. The highest BCUT2D eigenvalue weighted by Gasteiger charge is 2.26. The number of carbonyl (C=O) groups is 1. The van der Waals surface area contributed by atoms with Crippen molar-refractivity contribution in [1.82, 2.24) is 5.16 Å². The van der Waals surface area contributed by atoms with Crippen LogP contribution in [-0.4, -0.2) is 17.7 Å². The molecule has 1 aromatic heterocycles. The van der Waals surface area contributed by atoms with Gasteiger partial charge in [-0.25, -0.2) is 0 Å². The number of rotatable bonds is 5. The first-order valence-electron chi connectivity index (χ1n) is 7.39. The first-order valence-corrected chi connectivity index (χ1v) is 8.19. The molecule has 2 aromatic rings. The van der Waals surface area contributed by atoms with Gasteiger partial charge >= 0.3 is 5.97 Å². The molecular weight excluding hydrogens is 376 g/mol. The summed E-state index contributed by atoms with van der Waals surface area (Å²) < 4.78 is 16.6. The van der Waals surface area contributed by atoms with Crippen LogP contribution in [0, 0.1) is 25.2 Å². The number of benzene rings is 1. The van der Waals surface area contributed by atoms with E-state index in [1.54, 1.807) is 26.8 Å². The van der Waals surface area contributed by atoms with Crippen molar-refractivity contribution in [1.29, 1.82) is 5.26 Å². The molecule has 0 bridgehead atoms. The van der Waals surface area contributed by atoms with Crippen LogP contribution >= 0.6 is 15.9 Å². The van der Waals surface area contributed by atoms with E-state index in [2.05, 4.69) is 21.1 Å². The van der Waals surface area contributed by atoms with Crippen LogP contribution in [0.5, 0.6) is 11.5 Å². The average Bonchev–Trinajstić information content (AvgIpc) is 2.88. The topological polar surface area (TPSA) is 85.4 Å². The molecule has 0 aliphatic carbocycles. The minimum atomic E-state index is -0.548. The lowest BCUT2D eigenvalue weighted by molar-refractivity contribution is -0.135. The van der Waals surface area contributed by atoms with E-state index in [0.717, 1.165) is 0 Å². The highest BCUT2D eigenvalue weighted by atomic mass is 79.9. The quantitative estimate of drug-likeness (QED) is 0.563. The Kier molecular flexibility index (Phi) is 5.62. The van der Waals surface area contributed by atoms with Gasteiger partial charge < -0.3 is 14.0 Å². The second-order valence-corrected chi connectivity index (χ2v) is 6.07. The summed E-state index contributed by atoms with van der Waals surface area (Å²) in [6.07, 6.45) is 0. The zero-order valence-corrected chi connectivity index (χ0v) is 15.4. The fraction of sp³-hybridized carbons (Fsp3) is 0.353. The molecule has 0 saturated carbocycles. The third-order valence-corrected chi connectivity index (χ3v) is 4.11. The Labute approximate surface area is 148 Å². The van der Waals surface area contributed by atoms with Gasteiger partial charge in [0, 0.05) is 11.6 Å².